The molecule has 1 heterocycles. The zero-order chi connectivity index (χ0) is 12.1. The van der Waals surface area contributed by atoms with E-state index in [1.165, 1.54) is 12.8 Å². The molecule has 0 spiro atoms. The summed E-state index contributed by atoms with van der Waals surface area (Å²) in [5.74, 6) is 6.73. The molecule has 0 atom stereocenters. The second-order valence-corrected chi connectivity index (χ2v) is 4.11. The first kappa shape index (κ1) is 11.6. The molecule has 3 N–H and O–H groups in total. The fourth-order valence-electron chi connectivity index (χ4n) is 1.49. The van der Waals surface area contributed by atoms with Crippen LogP contribution in [0.4, 0.5) is 5.82 Å². The van der Waals surface area contributed by atoms with E-state index >= 15 is 0 Å². The van der Waals surface area contributed by atoms with Gasteiger partial charge in [-0.05, 0) is 36.8 Å². The van der Waals surface area contributed by atoms with Crippen molar-refractivity contribution in [2.24, 2.45) is 11.7 Å². The molecular weight excluding hydrogens is 214 g/mol. The van der Waals surface area contributed by atoms with Crippen LogP contribution in [0.15, 0.2) is 18.2 Å². The summed E-state index contributed by atoms with van der Waals surface area (Å²) in [6.45, 7) is 0.306. The van der Waals surface area contributed by atoms with E-state index in [1.54, 1.807) is 12.1 Å². The van der Waals surface area contributed by atoms with Gasteiger partial charge in [-0.15, -0.1) is 0 Å². The minimum Gasteiger partial charge on any atom is -0.320 e. The van der Waals surface area contributed by atoms with Crippen LogP contribution in [0, 0.1) is 17.8 Å². The lowest BCUT2D eigenvalue weighted by Crippen LogP contribution is -2.13. The minimum absolute atomic E-state index is 0.0314. The number of amides is 1. The zero-order valence-corrected chi connectivity index (χ0v) is 9.57. The molecular formula is C13H15N3O. The highest BCUT2D eigenvalue weighted by atomic mass is 16.1. The predicted octanol–water partition coefficient (Wildman–Crippen LogP) is 1.13. The standard InChI is InChI=1S/C13H15N3O/c14-8-2-4-11-3-1-5-12(15-11)16-13(17)9-10-6-7-10/h1,3,5,10H,6-9,14H2,(H,15,16,17). The van der Waals surface area contributed by atoms with Gasteiger partial charge in [-0.2, -0.15) is 0 Å². The number of nitrogens with two attached hydrogens (primary N) is 1. The predicted molar refractivity (Wildman–Crippen MR) is 66.1 cm³/mol. The first-order valence-corrected chi connectivity index (χ1v) is 5.74. The van der Waals surface area contributed by atoms with E-state index < -0.39 is 0 Å². The molecule has 88 valence electrons. The summed E-state index contributed by atoms with van der Waals surface area (Å²) in [5, 5.41) is 2.78. The van der Waals surface area contributed by atoms with E-state index in [-0.39, 0.29) is 5.91 Å². The smallest absolute Gasteiger partial charge is 0.225 e. The maximum atomic E-state index is 11.6. The first-order valence-electron chi connectivity index (χ1n) is 5.74. The van der Waals surface area contributed by atoms with Crippen LogP contribution in [0.25, 0.3) is 0 Å². The van der Waals surface area contributed by atoms with Gasteiger partial charge >= 0.3 is 0 Å². The molecule has 0 aromatic carbocycles. The molecule has 0 aliphatic heterocycles. The fourth-order valence-corrected chi connectivity index (χ4v) is 1.49. The summed E-state index contributed by atoms with van der Waals surface area (Å²) in [7, 11) is 0. The van der Waals surface area contributed by atoms with E-state index in [9.17, 15) is 4.79 Å². The lowest BCUT2D eigenvalue weighted by molar-refractivity contribution is -0.116. The van der Waals surface area contributed by atoms with Gasteiger partial charge in [0.2, 0.25) is 5.91 Å². The van der Waals surface area contributed by atoms with Gasteiger partial charge in [0.05, 0.1) is 6.54 Å². The van der Waals surface area contributed by atoms with Gasteiger partial charge in [-0.25, -0.2) is 4.98 Å². The SMILES string of the molecule is NCC#Cc1cccc(NC(=O)CC2CC2)n1. The number of nitrogens with zero attached hydrogens (tertiary/aromatic N) is 1. The average Bonchev–Trinajstić information content (AvgIpc) is 3.10. The van der Waals surface area contributed by atoms with E-state index in [0.717, 1.165) is 0 Å². The average molecular weight is 229 g/mol. The Morgan fingerprint density at radius 1 is 1.53 bits per heavy atom. The van der Waals surface area contributed by atoms with Crippen molar-refractivity contribution in [1.82, 2.24) is 4.98 Å². The number of rotatable bonds is 3. The Kier molecular flexibility index (Phi) is 3.73. The summed E-state index contributed by atoms with van der Waals surface area (Å²) < 4.78 is 0. The first-order chi connectivity index (χ1) is 8.28. The number of carbonyl (C=O) groups excluding carboxylic acids is 1. The Balaban J connectivity index is 1.97. The molecule has 17 heavy (non-hydrogen) atoms. The lowest BCUT2D eigenvalue weighted by atomic mass is 10.3. The second-order valence-electron chi connectivity index (χ2n) is 4.11. The van der Waals surface area contributed by atoms with Crippen molar-refractivity contribution < 1.29 is 4.79 Å². The van der Waals surface area contributed by atoms with Crippen LogP contribution in [-0.4, -0.2) is 17.4 Å². The number of anilines is 1. The number of hydrogen-bond donors (Lipinski definition) is 2. The van der Waals surface area contributed by atoms with Crippen molar-refractivity contribution in [2.45, 2.75) is 19.3 Å². The lowest BCUT2D eigenvalue weighted by Gasteiger charge is -2.03. The number of pyridine rings is 1. The third-order valence-corrected chi connectivity index (χ3v) is 2.51. The number of hydrogen-bond acceptors (Lipinski definition) is 3. The fraction of sp³-hybridized carbons (Fsp3) is 0.385. The Bertz CT molecular complexity index is 469. The monoisotopic (exact) mass is 229 g/mol. The third kappa shape index (κ3) is 3.89. The molecule has 4 heteroatoms. The third-order valence-electron chi connectivity index (χ3n) is 2.51. The number of aromatic nitrogens is 1. The molecule has 0 bridgehead atoms. The van der Waals surface area contributed by atoms with E-state index in [1.807, 2.05) is 6.07 Å². The van der Waals surface area contributed by atoms with Crippen molar-refractivity contribution in [3.8, 4) is 11.8 Å². The number of carbonyl (C=O) groups is 1. The van der Waals surface area contributed by atoms with Crippen LogP contribution in [0.2, 0.25) is 0 Å². The second kappa shape index (κ2) is 5.46. The van der Waals surface area contributed by atoms with Crippen molar-refractivity contribution in [2.75, 3.05) is 11.9 Å². The molecule has 2 rings (SSSR count). The minimum atomic E-state index is 0.0314. The van der Waals surface area contributed by atoms with Crippen LogP contribution in [0.1, 0.15) is 25.0 Å². The van der Waals surface area contributed by atoms with E-state index in [2.05, 4.69) is 22.1 Å². The largest absolute Gasteiger partial charge is 0.320 e. The summed E-state index contributed by atoms with van der Waals surface area (Å²) in [4.78, 5) is 15.8. The van der Waals surface area contributed by atoms with Gasteiger partial charge in [-0.3, -0.25) is 4.79 Å². The summed E-state index contributed by atoms with van der Waals surface area (Å²) in [6.07, 6.45) is 2.94. The van der Waals surface area contributed by atoms with Gasteiger partial charge in [0.15, 0.2) is 0 Å². The highest BCUT2D eigenvalue weighted by molar-refractivity contribution is 5.90. The highest BCUT2D eigenvalue weighted by Crippen LogP contribution is 2.32. The van der Waals surface area contributed by atoms with Gasteiger partial charge in [0.25, 0.3) is 0 Å². The molecule has 1 aliphatic rings. The zero-order valence-electron chi connectivity index (χ0n) is 9.57. The van der Waals surface area contributed by atoms with Crippen LogP contribution in [0.5, 0.6) is 0 Å². The molecule has 1 amide bonds. The molecule has 1 aliphatic carbocycles. The maximum absolute atomic E-state index is 11.6. The van der Waals surface area contributed by atoms with Crippen molar-refractivity contribution in [1.29, 1.82) is 0 Å². The molecule has 0 radical (unpaired) electrons. The van der Waals surface area contributed by atoms with Crippen molar-refractivity contribution in [3.63, 3.8) is 0 Å². The highest BCUT2D eigenvalue weighted by Gasteiger charge is 2.24. The molecule has 1 aromatic rings. The van der Waals surface area contributed by atoms with E-state index in [4.69, 9.17) is 5.73 Å². The van der Waals surface area contributed by atoms with Crippen LogP contribution < -0.4 is 11.1 Å². The van der Waals surface area contributed by atoms with Crippen molar-refractivity contribution >= 4 is 11.7 Å². The molecule has 0 saturated heterocycles. The van der Waals surface area contributed by atoms with Crippen LogP contribution in [-0.2, 0) is 4.79 Å². The number of nitrogens with one attached hydrogen (secondary N) is 1. The van der Waals surface area contributed by atoms with Crippen LogP contribution in [0.3, 0.4) is 0 Å². The van der Waals surface area contributed by atoms with Gasteiger partial charge in [-0.1, -0.05) is 12.0 Å². The van der Waals surface area contributed by atoms with Crippen molar-refractivity contribution in [3.05, 3.63) is 23.9 Å². The Morgan fingerprint density at radius 2 is 2.35 bits per heavy atom. The normalized spacial score (nSPS) is 13.7. The summed E-state index contributed by atoms with van der Waals surface area (Å²) in [6, 6.07) is 5.37. The topological polar surface area (TPSA) is 68.0 Å². The Labute approximate surface area is 101 Å². The molecule has 1 aromatic heterocycles. The van der Waals surface area contributed by atoms with Gasteiger partial charge in [0.1, 0.15) is 11.5 Å². The molecule has 1 fully saturated rings. The quantitative estimate of drug-likeness (QED) is 0.763. The molecule has 1 saturated carbocycles. The van der Waals surface area contributed by atoms with Crippen LogP contribution >= 0.6 is 0 Å². The summed E-state index contributed by atoms with van der Waals surface area (Å²) in [5.41, 5.74) is 5.91. The maximum Gasteiger partial charge on any atom is 0.225 e. The summed E-state index contributed by atoms with van der Waals surface area (Å²) >= 11 is 0. The van der Waals surface area contributed by atoms with Gasteiger partial charge < -0.3 is 11.1 Å². The Hall–Kier alpha value is -1.86. The molecule has 4 nitrogen and oxygen atoms in total. The van der Waals surface area contributed by atoms with E-state index in [0.29, 0.717) is 30.4 Å². The van der Waals surface area contributed by atoms with Gasteiger partial charge in [0, 0.05) is 6.42 Å². The molecule has 0 unspecified atom stereocenters. The Morgan fingerprint density at radius 3 is 3.06 bits per heavy atom.